The van der Waals surface area contributed by atoms with Crippen LogP contribution in [0.3, 0.4) is 0 Å². The molecule has 12 heteroatoms. The van der Waals surface area contributed by atoms with Crippen LogP contribution in [0.25, 0.3) is 0 Å². The van der Waals surface area contributed by atoms with Crippen molar-refractivity contribution in [2.75, 3.05) is 13.1 Å². The van der Waals surface area contributed by atoms with Gasteiger partial charge in [0.05, 0.1) is 45.3 Å². The smallest absolute Gasteiger partial charge is 0.243 e. The molecule has 2 saturated carbocycles. The topological polar surface area (TPSA) is 156 Å². The third kappa shape index (κ3) is 6.76. The summed E-state index contributed by atoms with van der Waals surface area (Å²) in [6.07, 6.45) is 0.747. The molecule has 48 heavy (non-hydrogen) atoms. The molecule has 6 atom stereocenters. The van der Waals surface area contributed by atoms with Crippen LogP contribution in [-0.4, -0.2) is 94.5 Å². The van der Waals surface area contributed by atoms with Crippen molar-refractivity contribution in [1.82, 2.24) is 8.61 Å². The van der Waals surface area contributed by atoms with Gasteiger partial charge in [0.25, 0.3) is 0 Å². The molecular formula is C36H54N2O8S2. The number of aliphatic hydroxyl groups excluding tert-OH is 4. The Balaban J connectivity index is 0.000000188. The van der Waals surface area contributed by atoms with E-state index in [2.05, 4.69) is 0 Å². The normalized spacial score (nSPS) is 33.9. The Morgan fingerprint density at radius 1 is 0.583 bits per heavy atom. The Hall–Kier alpha value is -1.90. The lowest BCUT2D eigenvalue weighted by Crippen LogP contribution is -2.63. The van der Waals surface area contributed by atoms with Crippen molar-refractivity contribution in [3.63, 3.8) is 0 Å². The van der Waals surface area contributed by atoms with Gasteiger partial charge in [0.1, 0.15) is 0 Å². The molecule has 2 aliphatic carbocycles. The number of aliphatic hydroxyl groups is 4. The Kier molecular flexibility index (Phi) is 10.1. The number of nitrogens with zero attached hydrogens (tertiary/aromatic N) is 2. The van der Waals surface area contributed by atoms with Crippen LogP contribution >= 0.6 is 0 Å². The third-order valence-corrected chi connectivity index (χ3v) is 15.1. The summed E-state index contributed by atoms with van der Waals surface area (Å²) in [7, 11) is -7.42. The summed E-state index contributed by atoms with van der Waals surface area (Å²) in [6, 6.07) is 13.6. The first kappa shape index (κ1) is 37.4. The maximum absolute atomic E-state index is 13.2. The van der Waals surface area contributed by atoms with Crippen molar-refractivity contribution in [2.45, 2.75) is 138 Å². The minimum atomic E-state index is -3.71. The van der Waals surface area contributed by atoms with E-state index in [-0.39, 0.29) is 20.6 Å². The van der Waals surface area contributed by atoms with Gasteiger partial charge in [-0.2, -0.15) is 8.61 Å². The number of aryl methyl sites for hydroxylation is 2. The lowest BCUT2D eigenvalue weighted by atomic mass is 9.65. The second-order valence-electron chi connectivity index (χ2n) is 16.3. The van der Waals surface area contributed by atoms with Crippen LogP contribution in [0.2, 0.25) is 0 Å². The van der Waals surface area contributed by atoms with Crippen LogP contribution in [0.4, 0.5) is 0 Å². The fourth-order valence-corrected chi connectivity index (χ4v) is 12.9. The van der Waals surface area contributed by atoms with Crippen molar-refractivity contribution in [3.8, 4) is 0 Å². The van der Waals surface area contributed by atoms with Gasteiger partial charge in [-0.05, 0) is 100 Å². The van der Waals surface area contributed by atoms with E-state index in [1.165, 1.54) is 8.61 Å². The zero-order valence-electron chi connectivity index (χ0n) is 29.1. The Bertz CT molecular complexity index is 1550. The van der Waals surface area contributed by atoms with E-state index in [0.717, 1.165) is 11.1 Å². The molecule has 4 aliphatic rings. The number of benzene rings is 2. The SMILES string of the molecule is Cc1ccc(S(=O)(=O)N2CCC[C@@]23CC(C)(C)C[C@H](O)[C@@H]3O)cc1.Cc1ccc(S(=O)(=O)N2CCC[C@]23CC(C)(C)C[C@@H](O)[C@H]3O)cc1. The molecule has 2 aromatic rings. The predicted octanol–water partition coefficient (Wildman–Crippen LogP) is 4.12. The molecule has 0 aromatic heterocycles. The molecule has 4 N–H and O–H groups in total. The molecule has 2 saturated heterocycles. The van der Waals surface area contributed by atoms with Crippen molar-refractivity contribution in [2.24, 2.45) is 10.8 Å². The van der Waals surface area contributed by atoms with Gasteiger partial charge in [0, 0.05) is 13.1 Å². The van der Waals surface area contributed by atoms with Gasteiger partial charge >= 0.3 is 0 Å². The molecular weight excluding hydrogens is 653 g/mol. The Labute approximate surface area is 286 Å². The van der Waals surface area contributed by atoms with E-state index >= 15 is 0 Å². The van der Waals surface area contributed by atoms with E-state index in [1.807, 2.05) is 41.5 Å². The second-order valence-corrected chi connectivity index (χ2v) is 20.0. The summed E-state index contributed by atoms with van der Waals surface area (Å²) in [6.45, 7) is 12.7. The van der Waals surface area contributed by atoms with Crippen molar-refractivity contribution >= 4 is 20.0 Å². The van der Waals surface area contributed by atoms with Crippen LogP contribution < -0.4 is 0 Å². The van der Waals surface area contributed by atoms with Gasteiger partial charge < -0.3 is 20.4 Å². The number of rotatable bonds is 4. The van der Waals surface area contributed by atoms with Gasteiger partial charge in [-0.1, -0.05) is 63.1 Å². The highest BCUT2D eigenvalue weighted by Gasteiger charge is 2.60. The summed E-state index contributed by atoms with van der Waals surface area (Å²) in [5.41, 5.74) is -0.261. The summed E-state index contributed by atoms with van der Waals surface area (Å²) >= 11 is 0. The molecule has 2 spiro atoms. The first-order valence-corrected chi connectivity index (χ1v) is 20.0. The lowest BCUT2D eigenvalue weighted by molar-refractivity contribution is -0.119. The van der Waals surface area contributed by atoms with E-state index in [9.17, 15) is 37.3 Å². The van der Waals surface area contributed by atoms with Crippen LogP contribution in [0.5, 0.6) is 0 Å². The van der Waals surface area contributed by atoms with Crippen molar-refractivity contribution < 1.29 is 37.3 Å². The van der Waals surface area contributed by atoms with Gasteiger partial charge in [-0.3, -0.25) is 0 Å². The van der Waals surface area contributed by atoms with Crippen LogP contribution in [0, 0.1) is 24.7 Å². The lowest BCUT2D eigenvalue weighted by Gasteiger charge is -2.51. The molecule has 6 rings (SSSR count). The van der Waals surface area contributed by atoms with Gasteiger partial charge in [-0.15, -0.1) is 0 Å². The monoisotopic (exact) mass is 706 g/mol. The Morgan fingerprint density at radius 3 is 1.21 bits per heavy atom. The number of hydrogen-bond donors (Lipinski definition) is 4. The van der Waals surface area contributed by atoms with Crippen molar-refractivity contribution in [3.05, 3.63) is 59.7 Å². The zero-order valence-corrected chi connectivity index (χ0v) is 30.8. The van der Waals surface area contributed by atoms with Gasteiger partial charge in [-0.25, -0.2) is 16.8 Å². The fourth-order valence-electron chi connectivity index (χ4n) is 9.17. The van der Waals surface area contributed by atoms with Crippen molar-refractivity contribution in [1.29, 1.82) is 0 Å². The first-order valence-electron chi connectivity index (χ1n) is 17.1. The maximum atomic E-state index is 13.2. The van der Waals surface area contributed by atoms with E-state index in [0.29, 0.717) is 64.5 Å². The highest BCUT2D eigenvalue weighted by atomic mass is 32.2. The molecule has 0 bridgehead atoms. The molecule has 4 fully saturated rings. The average Bonchev–Trinajstić information content (AvgIpc) is 3.60. The summed E-state index contributed by atoms with van der Waals surface area (Å²) in [5.74, 6) is 0. The summed E-state index contributed by atoms with van der Waals surface area (Å²) in [4.78, 5) is 0.499. The minimum absolute atomic E-state index is 0.218. The molecule has 10 nitrogen and oxygen atoms in total. The van der Waals surface area contributed by atoms with Gasteiger partial charge in [0.15, 0.2) is 0 Å². The van der Waals surface area contributed by atoms with E-state index in [1.54, 1.807) is 48.5 Å². The molecule has 0 amide bonds. The largest absolute Gasteiger partial charge is 0.390 e. The fraction of sp³-hybridized carbons (Fsp3) is 0.667. The average molecular weight is 707 g/mol. The van der Waals surface area contributed by atoms with E-state index in [4.69, 9.17) is 0 Å². The molecule has 2 aliphatic heterocycles. The predicted molar refractivity (Wildman–Crippen MR) is 184 cm³/mol. The molecule has 268 valence electrons. The number of hydrogen-bond acceptors (Lipinski definition) is 8. The quantitative estimate of drug-likeness (QED) is 0.370. The standard InChI is InChI=1S/2C18H27NO4S/c2*1-13-5-7-14(8-6-13)24(22,23)19-10-4-9-18(19)12-17(2,3)11-15(20)16(18)21/h2*5-8,15-16,20-21H,4,9-12H2,1-3H3/t2*15-,16-,18-/m10/s1. The maximum Gasteiger partial charge on any atom is 0.243 e. The highest BCUT2D eigenvalue weighted by molar-refractivity contribution is 7.89. The summed E-state index contributed by atoms with van der Waals surface area (Å²) in [5, 5.41) is 42.2. The minimum Gasteiger partial charge on any atom is -0.390 e. The van der Waals surface area contributed by atoms with Gasteiger partial charge in [0.2, 0.25) is 20.0 Å². The van der Waals surface area contributed by atoms with Crippen LogP contribution in [-0.2, 0) is 20.0 Å². The molecule has 2 heterocycles. The molecule has 0 unspecified atom stereocenters. The first-order chi connectivity index (χ1) is 22.2. The Morgan fingerprint density at radius 2 is 0.896 bits per heavy atom. The van der Waals surface area contributed by atoms with E-state index < -0.39 is 55.5 Å². The number of sulfonamides is 2. The zero-order chi connectivity index (χ0) is 35.5. The van der Waals surface area contributed by atoms with Crippen LogP contribution in [0.15, 0.2) is 58.3 Å². The highest BCUT2D eigenvalue weighted by Crippen LogP contribution is 2.52. The summed E-state index contributed by atoms with van der Waals surface area (Å²) < 4.78 is 55.8. The molecule has 2 aromatic carbocycles. The van der Waals surface area contributed by atoms with Crippen LogP contribution in [0.1, 0.15) is 90.2 Å². The molecule has 0 radical (unpaired) electrons. The third-order valence-electron chi connectivity index (χ3n) is 11.1. The second kappa shape index (κ2) is 13.0.